The van der Waals surface area contributed by atoms with E-state index < -0.39 is 12.0 Å². The Balaban J connectivity index is 0.00000319. The number of rotatable bonds is 16. The summed E-state index contributed by atoms with van der Waals surface area (Å²) < 4.78 is 20.6. The molecule has 296 valence electrons. The van der Waals surface area contributed by atoms with Crippen LogP contribution in [0.25, 0.3) is 0 Å². The maximum absolute atomic E-state index is 13.2. The van der Waals surface area contributed by atoms with Crippen molar-refractivity contribution in [3.05, 3.63) is 94.1 Å². The van der Waals surface area contributed by atoms with Crippen LogP contribution in [0, 0.1) is 18.8 Å². The van der Waals surface area contributed by atoms with Crippen LogP contribution in [-0.2, 0) is 25.5 Å². The number of benzene rings is 2. The first-order valence-corrected chi connectivity index (χ1v) is 20.3. The third kappa shape index (κ3) is 11.4. The van der Waals surface area contributed by atoms with Gasteiger partial charge >= 0.3 is 0 Å². The Hall–Kier alpha value is -3.77. The van der Waals surface area contributed by atoms with Gasteiger partial charge in [0.15, 0.2) is 6.10 Å². The van der Waals surface area contributed by atoms with Crippen LogP contribution < -0.4 is 19.7 Å². The molecule has 0 aromatic heterocycles. The Morgan fingerprint density at radius 2 is 1.98 bits per heavy atom. The van der Waals surface area contributed by atoms with Crippen LogP contribution in [-0.4, -0.2) is 81.7 Å². The quantitative estimate of drug-likeness (QED) is 0.121. The fourth-order valence-electron chi connectivity index (χ4n) is 7.23. The summed E-state index contributed by atoms with van der Waals surface area (Å²) in [4.78, 5) is 29.8. The molecule has 2 heterocycles. The van der Waals surface area contributed by atoms with Crippen molar-refractivity contribution in [3.63, 3.8) is 0 Å². The van der Waals surface area contributed by atoms with Crippen LogP contribution in [0.4, 0.5) is 5.69 Å². The molecule has 0 radical (unpaired) electrons. The molecular weight excluding hydrogens is 701 g/mol. The van der Waals surface area contributed by atoms with Crippen molar-refractivity contribution in [2.75, 3.05) is 52.4 Å². The van der Waals surface area contributed by atoms with Gasteiger partial charge in [0.25, 0.3) is 5.91 Å². The number of dihydropyridines is 1. The summed E-state index contributed by atoms with van der Waals surface area (Å²) in [6, 6.07) is 12.4. The number of aliphatic hydroxyl groups is 1. The van der Waals surface area contributed by atoms with Crippen LogP contribution in [0.2, 0.25) is 0 Å². The number of carbonyl (C=O) groups excluding carboxylic acids is 2. The highest BCUT2D eigenvalue weighted by Gasteiger charge is 2.39. The molecule has 0 bridgehead atoms. The standard InChI is InChI=1S/C41H56N4O6S.C2H6/c1-7-10-29-21-27(2)12-16-34(29)32-25-45(24-31-13-17-35(31)37(49-5)11-8-9-20-44(4)28(3)46)36-22-30(14-18-38(36)51-26-32)40(47)41(48)43-52-33-15-19-39(50-6)42-23-33;1-2/h8,11-12,14-16,18-19,21-23,31-32,35,37,39-40,42,47H,7,9-10,13,17,20,24-26H2,1-6H3,(H,43,48);1-2H3/b11-8+;. The molecule has 3 aliphatic rings. The number of aliphatic hydroxyl groups excluding tert-OH is 1. The minimum atomic E-state index is -1.36. The van der Waals surface area contributed by atoms with E-state index in [1.165, 1.54) is 16.7 Å². The fourth-order valence-corrected chi connectivity index (χ4v) is 7.83. The molecule has 1 aliphatic carbocycles. The van der Waals surface area contributed by atoms with E-state index in [1.54, 1.807) is 38.3 Å². The number of anilines is 1. The number of hydrogen-bond acceptors (Lipinski definition) is 9. The van der Waals surface area contributed by atoms with Crippen molar-refractivity contribution >= 4 is 29.4 Å². The lowest BCUT2D eigenvalue weighted by atomic mass is 9.70. The summed E-state index contributed by atoms with van der Waals surface area (Å²) in [6.07, 6.45) is 13.2. The molecule has 6 atom stereocenters. The number of hydrogen-bond donors (Lipinski definition) is 3. The average Bonchev–Trinajstić information content (AvgIpc) is 3.36. The molecule has 0 saturated heterocycles. The van der Waals surface area contributed by atoms with Gasteiger partial charge in [-0.05, 0) is 97.4 Å². The van der Waals surface area contributed by atoms with E-state index in [2.05, 4.69) is 59.1 Å². The Morgan fingerprint density at radius 1 is 1.19 bits per heavy atom. The van der Waals surface area contributed by atoms with Crippen molar-refractivity contribution in [1.29, 1.82) is 0 Å². The van der Waals surface area contributed by atoms with Crippen molar-refractivity contribution in [2.24, 2.45) is 11.8 Å². The molecule has 2 aromatic carbocycles. The van der Waals surface area contributed by atoms with E-state index in [0.717, 1.165) is 73.5 Å². The Labute approximate surface area is 327 Å². The second kappa shape index (κ2) is 21.4. The summed E-state index contributed by atoms with van der Waals surface area (Å²) >= 11 is 1.14. The van der Waals surface area contributed by atoms with Crippen molar-refractivity contribution in [3.8, 4) is 5.75 Å². The van der Waals surface area contributed by atoms with Crippen molar-refractivity contribution in [2.45, 2.75) is 91.1 Å². The van der Waals surface area contributed by atoms with E-state index in [4.69, 9.17) is 14.2 Å². The minimum absolute atomic E-state index is 0.0211. The predicted octanol–water partition coefficient (Wildman–Crippen LogP) is 7.19. The van der Waals surface area contributed by atoms with Crippen LogP contribution in [0.3, 0.4) is 0 Å². The molecule has 11 heteroatoms. The molecule has 2 amide bonds. The summed E-state index contributed by atoms with van der Waals surface area (Å²) in [5.41, 5.74) is 5.34. The first kappa shape index (κ1) is 43.0. The number of methoxy groups -OCH3 is 2. The van der Waals surface area contributed by atoms with Gasteiger partial charge in [0.1, 0.15) is 12.0 Å². The van der Waals surface area contributed by atoms with Crippen LogP contribution in [0.5, 0.6) is 5.75 Å². The van der Waals surface area contributed by atoms with Gasteiger partial charge in [0, 0.05) is 64.8 Å². The maximum atomic E-state index is 13.2. The zero-order valence-electron chi connectivity index (χ0n) is 33.5. The Morgan fingerprint density at radius 3 is 2.63 bits per heavy atom. The zero-order valence-corrected chi connectivity index (χ0v) is 34.3. The van der Waals surface area contributed by atoms with E-state index in [9.17, 15) is 14.7 Å². The number of aryl methyl sites for hydroxylation is 2. The van der Waals surface area contributed by atoms with Crippen molar-refractivity contribution in [1.82, 2.24) is 14.9 Å². The highest BCUT2D eigenvalue weighted by Crippen LogP contribution is 2.43. The molecule has 2 aromatic rings. The van der Waals surface area contributed by atoms with Gasteiger partial charge in [-0.15, -0.1) is 0 Å². The van der Waals surface area contributed by atoms with Gasteiger partial charge in [0.2, 0.25) is 5.91 Å². The summed E-state index contributed by atoms with van der Waals surface area (Å²) in [6.45, 7) is 12.7. The Kier molecular flexibility index (Phi) is 17.0. The molecule has 10 nitrogen and oxygen atoms in total. The van der Waals surface area contributed by atoms with Crippen molar-refractivity contribution < 1.29 is 28.9 Å². The van der Waals surface area contributed by atoms with Gasteiger partial charge in [-0.3, -0.25) is 14.3 Å². The number of fused-ring (bicyclic) bond motifs is 1. The number of allylic oxidation sites excluding steroid dienone is 1. The largest absolute Gasteiger partial charge is 0.491 e. The van der Waals surface area contributed by atoms with E-state index in [-0.39, 0.29) is 24.2 Å². The first-order chi connectivity index (χ1) is 26.1. The van der Waals surface area contributed by atoms with E-state index >= 15 is 0 Å². The van der Waals surface area contributed by atoms with Crippen LogP contribution >= 0.6 is 11.9 Å². The zero-order chi connectivity index (χ0) is 39.2. The van der Waals surface area contributed by atoms with E-state index in [0.29, 0.717) is 30.6 Å². The molecular formula is C43H62N4O6S. The fraction of sp³-hybridized carbons (Fsp3) is 0.535. The molecule has 2 aliphatic heterocycles. The topological polar surface area (TPSA) is 113 Å². The first-order valence-electron chi connectivity index (χ1n) is 19.5. The van der Waals surface area contributed by atoms with Gasteiger partial charge in [-0.25, -0.2) is 0 Å². The lowest BCUT2D eigenvalue weighted by molar-refractivity contribution is -0.128. The minimum Gasteiger partial charge on any atom is -0.491 e. The lowest BCUT2D eigenvalue weighted by Crippen LogP contribution is -2.44. The van der Waals surface area contributed by atoms with Crippen LogP contribution in [0.15, 0.2) is 71.8 Å². The number of carbonyl (C=O) groups is 2. The SMILES string of the molecule is CC.CCCc1cc(C)ccc1C1COc2ccc(C(O)C(=O)NSC3=CNC(OC)C=C3)cc2N(CC2CCC2C(/C=C/CCN(C)C(C)=O)OC)C1. The second-order valence-electron chi connectivity index (χ2n) is 14.2. The average molecular weight is 763 g/mol. The normalized spacial score (nSPS) is 21.6. The number of nitrogens with one attached hydrogen (secondary N) is 2. The molecule has 54 heavy (non-hydrogen) atoms. The highest BCUT2D eigenvalue weighted by atomic mass is 32.2. The monoisotopic (exact) mass is 762 g/mol. The molecule has 1 fully saturated rings. The highest BCUT2D eigenvalue weighted by molar-refractivity contribution is 8.01. The second-order valence-corrected chi connectivity index (χ2v) is 15.0. The number of ether oxygens (including phenoxy) is 3. The molecule has 0 spiro atoms. The van der Waals surface area contributed by atoms with Gasteiger partial charge in [0.05, 0.1) is 18.4 Å². The molecule has 5 rings (SSSR count). The predicted molar refractivity (Wildman–Crippen MR) is 219 cm³/mol. The van der Waals surface area contributed by atoms with Crippen LogP contribution in [0.1, 0.15) is 87.7 Å². The third-order valence-electron chi connectivity index (χ3n) is 10.5. The smallest absolute Gasteiger partial charge is 0.263 e. The number of nitrogens with zero attached hydrogens (tertiary/aromatic N) is 2. The lowest BCUT2D eigenvalue weighted by Gasteiger charge is -2.43. The third-order valence-corrected chi connectivity index (χ3v) is 11.3. The Bertz CT molecular complexity index is 1630. The molecule has 3 N–H and O–H groups in total. The van der Waals surface area contributed by atoms with E-state index in [1.807, 2.05) is 45.2 Å². The van der Waals surface area contributed by atoms with Gasteiger partial charge in [-0.1, -0.05) is 69.2 Å². The molecule has 1 saturated carbocycles. The maximum Gasteiger partial charge on any atom is 0.263 e. The number of amides is 2. The molecule has 6 unspecified atom stereocenters. The summed E-state index contributed by atoms with van der Waals surface area (Å²) in [7, 11) is 5.21. The van der Waals surface area contributed by atoms with Gasteiger partial charge in [-0.2, -0.15) is 0 Å². The van der Waals surface area contributed by atoms with Gasteiger partial charge < -0.3 is 34.4 Å². The summed E-state index contributed by atoms with van der Waals surface area (Å²) in [5.74, 6) is 1.18. The summed E-state index contributed by atoms with van der Waals surface area (Å²) in [5, 5.41) is 14.3.